The molecule has 2 aliphatic rings. The van der Waals surface area contributed by atoms with Gasteiger partial charge < -0.3 is 14.8 Å². The summed E-state index contributed by atoms with van der Waals surface area (Å²) in [4.78, 5) is 14.7. The maximum atomic E-state index is 13.8. The Hall–Kier alpha value is -3.93. The Morgan fingerprint density at radius 3 is 2.22 bits per heavy atom. The topological polar surface area (TPSA) is 56.5 Å². The highest BCUT2D eigenvalue weighted by atomic mass is 19.4. The standard InChI is InChI=1S/C29H23F7N2O3/c1-16(19-9-21(28(31,32)33)13-22(10-19)29(34,35)36)41-25-15-38-24(27(25)17-4-6-23(30)7-5-17)11-20(12-26(38)39)18-3-2-8-37(40)14-18/h2-10,12-14,16,24-25,27H,11,15H2,1H3/t16-,24+,25+,27?/m1/s1. The van der Waals surface area contributed by atoms with Crippen molar-refractivity contribution < 1.29 is 45.0 Å². The van der Waals surface area contributed by atoms with Gasteiger partial charge in [-0.25, -0.2) is 4.39 Å². The first-order chi connectivity index (χ1) is 19.2. The number of rotatable bonds is 5. The van der Waals surface area contributed by atoms with Gasteiger partial charge in [-0.3, -0.25) is 4.79 Å². The number of benzene rings is 2. The third-order valence-corrected chi connectivity index (χ3v) is 7.46. The molecule has 0 spiro atoms. The van der Waals surface area contributed by atoms with Crippen molar-refractivity contribution in [2.45, 2.75) is 49.9 Å². The zero-order chi connectivity index (χ0) is 29.7. The molecule has 1 amide bonds. The Morgan fingerprint density at radius 2 is 1.63 bits per heavy atom. The van der Waals surface area contributed by atoms with Crippen molar-refractivity contribution in [3.8, 4) is 0 Å². The van der Waals surface area contributed by atoms with E-state index in [1.165, 1.54) is 60.6 Å². The third kappa shape index (κ3) is 5.92. The molecule has 0 saturated carbocycles. The van der Waals surface area contributed by atoms with Gasteiger partial charge >= 0.3 is 12.4 Å². The summed E-state index contributed by atoms with van der Waals surface area (Å²) in [5.74, 6) is -1.49. The molecule has 0 radical (unpaired) electrons. The highest BCUT2D eigenvalue weighted by Gasteiger charge is 2.48. The first-order valence-electron chi connectivity index (χ1n) is 12.6. The van der Waals surface area contributed by atoms with Crippen LogP contribution in [0.25, 0.3) is 5.57 Å². The molecule has 5 nitrogen and oxygen atoms in total. The zero-order valence-electron chi connectivity index (χ0n) is 21.4. The van der Waals surface area contributed by atoms with Crippen molar-refractivity contribution in [3.05, 3.63) is 112 Å². The van der Waals surface area contributed by atoms with Gasteiger partial charge in [0.25, 0.3) is 0 Å². The second-order valence-electron chi connectivity index (χ2n) is 10.1. The van der Waals surface area contributed by atoms with Gasteiger partial charge in [-0.05, 0) is 66.4 Å². The van der Waals surface area contributed by atoms with Crippen LogP contribution >= 0.6 is 0 Å². The molecule has 2 aromatic carbocycles. The minimum Gasteiger partial charge on any atom is -0.619 e. The number of carbonyl (C=O) groups excluding carboxylic acids is 1. The minimum atomic E-state index is -5.02. The lowest BCUT2D eigenvalue weighted by Gasteiger charge is -2.32. The lowest BCUT2D eigenvalue weighted by atomic mass is 9.84. The fraction of sp³-hybridized carbons (Fsp3) is 0.310. The van der Waals surface area contributed by atoms with Gasteiger partial charge in [0.1, 0.15) is 5.82 Å². The lowest BCUT2D eigenvalue weighted by Crippen LogP contribution is -2.39. The molecule has 12 heteroatoms. The summed E-state index contributed by atoms with van der Waals surface area (Å²) in [6.45, 7) is 1.35. The van der Waals surface area contributed by atoms with Crippen LogP contribution in [0.4, 0.5) is 30.7 Å². The second-order valence-corrected chi connectivity index (χ2v) is 10.1. The molecule has 1 unspecified atom stereocenters. The normalized spacial score (nSPS) is 22.0. The van der Waals surface area contributed by atoms with E-state index in [2.05, 4.69) is 0 Å². The Morgan fingerprint density at radius 1 is 1.00 bits per heavy atom. The summed E-state index contributed by atoms with van der Waals surface area (Å²) < 4.78 is 101. The third-order valence-electron chi connectivity index (χ3n) is 7.46. The number of nitrogens with zero attached hydrogens (tertiary/aromatic N) is 2. The van der Waals surface area contributed by atoms with Crippen LogP contribution in [0.15, 0.2) is 73.1 Å². The van der Waals surface area contributed by atoms with Crippen LogP contribution in [0, 0.1) is 11.0 Å². The van der Waals surface area contributed by atoms with E-state index in [1.807, 2.05) is 0 Å². The van der Waals surface area contributed by atoms with E-state index in [-0.39, 0.29) is 30.5 Å². The molecule has 1 saturated heterocycles. The predicted octanol–water partition coefficient (Wildman–Crippen LogP) is 6.42. The summed E-state index contributed by atoms with van der Waals surface area (Å²) in [6, 6.07) is 9.42. The minimum absolute atomic E-state index is 0.00109. The molecule has 1 fully saturated rings. The highest BCUT2D eigenvalue weighted by molar-refractivity contribution is 5.97. The monoisotopic (exact) mass is 580 g/mol. The molecule has 216 valence electrons. The number of carbonyl (C=O) groups is 1. The second kappa shape index (κ2) is 10.5. The Kier molecular flexibility index (Phi) is 7.31. The van der Waals surface area contributed by atoms with Crippen LogP contribution in [0.5, 0.6) is 0 Å². The van der Waals surface area contributed by atoms with Crippen molar-refractivity contribution in [2.24, 2.45) is 0 Å². The summed E-state index contributed by atoms with van der Waals surface area (Å²) >= 11 is 0. The molecule has 41 heavy (non-hydrogen) atoms. The van der Waals surface area contributed by atoms with E-state index in [0.29, 0.717) is 33.6 Å². The number of ether oxygens (including phenoxy) is 1. The summed E-state index contributed by atoms with van der Waals surface area (Å²) in [5.41, 5.74) is -1.57. The van der Waals surface area contributed by atoms with Crippen LogP contribution in [-0.2, 0) is 21.9 Å². The van der Waals surface area contributed by atoms with E-state index in [4.69, 9.17) is 4.74 Å². The van der Waals surface area contributed by atoms with E-state index in [1.54, 1.807) is 6.07 Å². The van der Waals surface area contributed by atoms with Gasteiger partial charge in [-0.15, -0.1) is 0 Å². The average molecular weight is 581 g/mol. The summed E-state index contributed by atoms with van der Waals surface area (Å²) in [5, 5.41) is 11.8. The Balaban J connectivity index is 1.50. The first-order valence-corrected chi connectivity index (χ1v) is 12.6. The van der Waals surface area contributed by atoms with Crippen LogP contribution in [0.3, 0.4) is 0 Å². The van der Waals surface area contributed by atoms with Crippen LogP contribution < -0.4 is 4.73 Å². The SMILES string of the molecule is C[C@@H](O[C@H]1CN2C(=O)C=C(c3ccc[n+]([O-])c3)C[C@H]2C1c1ccc(F)cc1)c1cc(C(F)(F)F)cc(C(F)(F)F)c1. The number of amides is 1. The molecule has 0 N–H and O–H groups in total. The van der Waals surface area contributed by atoms with Crippen molar-refractivity contribution >= 4 is 11.5 Å². The van der Waals surface area contributed by atoms with Crippen LogP contribution in [0.2, 0.25) is 0 Å². The van der Waals surface area contributed by atoms with Crippen molar-refractivity contribution in [3.63, 3.8) is 0 Å². The zero-order valence-corrected chi connectivity index (χ0v) is 21.4. The van der Waals surface area contributed by atoms with Crippen molar-refractivity contribution in [1.29, 1.82) is 0 Å². The molecule has 5 rings (SSSR count). The average Bonchev–Trinajstić information content (AvgIpc) is 3.26. The first kappa shape index (κ1) is 28.6. The van der Waals surface area contributed by atoms with Gasteiger partial charge in [0.2, 0.25) is 5.91 Å². The van der Waals surface area contributed by atoms with Crippen LogP contribution in [-0.4, -0.2) is 29.5 Å². The van der Waals surface area contributed by atoms with Gasteiger partial charge in [0.15, 0.2) is 12.4 Å². The molecule has 0 bridgehead atoms. The number of fused-ring (bicyclic) bond motifs is 1. The van der Waals surface area contributed by atoms with Crippen LogP contribution in [0.1, 0.15) is 53.2 Å². The predicted molar refractivity (Wildman–Crippen MR) is 132 cm³/mol. The fourth-order valence-corrected chi connectivity index (χ4v) is 5.54. The Bertz CT molecular complexity index is 1450. The fourth-order valence-electron chi connectivity index (χ4n) is 5.54. The maximum Gasteiger partial charge on any atom is 0.416 e. The molecule has 1 aromatic heterocycles. The quantitative estimate of drug-likeness (QED) is 0.199. The molecule has 0 aliphatic carbocycles. The highest BCUT2D eigenvalue weighted by Crippen LogP contribution is 2.45. The molecular formula is C29H23F7N2O3. The number of hydrogen-bond donors (Lipinski definition) is 0. The number of hydrogen-bond acceptors (Lipinski definition) is 3. The molecular weight excluding hydrogens is 557 g/mol. The van der Waals surface area contributed by atoms with Gasteiger partial charge in [-0.1, -0.05) is 12.1 Å². The number of pyridine rings is 1. The van der Waals surface area contributed by atoms with E-state index in [0.717, 1.165) is 0 Å². The smallest absolute Gasteiger partial charge is 0.416 e. The maximum absolute atomic E-state index is 13.8. The number of halogens is 7. The largest absolute Gasteiger partial charge is 0.619 e. The lowest BCUT2D eigenvalue weighted by molar-refractivity contribution is -0.605. The van der Waals surface area contributed by atoms with E-state index < -0.39 is 53.5 Å². The molecule has 3 heterocycles. The van der Waals surface area contributed by atoms with Gasteiger partial charge in [-0.2, -0.15) is 31.1 Å². The van der Waals surface area contributed by atoms with Gasteiger partial charge in [0.05, 0.1) is 23.3 Å². The molecule has 2 aliphatic heterocycles. The van der Waals surface area contributed by atoms with Gasteiger partial charge in [0, 0.05) is 36.2 Å². The van der Waals surface area contributed by atoms with E-state index >= 15 is 0 Å². The molecule has 4 atom stereocenters. The summed E-state index contributed by atoms with van der Waals surface area (Å²) in [6.07, 6.45) is -7.82. The summed E-state index contributed by atoms with van der Waals surface area (Å²) in [7, 11) is 0. The van der Waals surface area contributed by atoms with E-state index in [9.17, 15) is 40.7 Å². The van der Waals surface area contributed by atoms with Crippen molar-refractivity contribution in [2.75, 3.05) is 6.54 Å². The number of aromatic nitrogens is 1. The Labute approximate surface area is 230 Å². The van der Waals surface area contributed by atoms with Crippen molar-refractivity contribution in [1.82, 2.24) is 4.90 Å². The number of alkyl halides is 6. The molecule has 3 aromatic rings.